The Balaban J connectivity index is 1.66. The molecule has 0 amide bonds. The Kier molecular flexibility index (Phi) is 5.31. The van der Waals surface area contributed by atoms with Crippen LogP contribution < -0.4 is 0 Å². The predicted octanol–water partition coefficient (Wildman–Crippen LogP) is 5.49. The van der Waals surface area contributed by atoms with Gasteiger partial charge in [0.15, 0.2) is 0 Å². The molecular formula is C21H18NS. The Bertz CT molecular complexity index is 763. The van der Waals surface area contributed by atoms with Crippen LogP contribution in [0.4, 0.5) is 0 Å². The van der Waals surface area contributed by atoms with Crippen LogP contribution in [0.25, 0.3) is 0 Å². The first-order valence-electron chi connectivity index (χ1n) is 7.59. The number of allylic oxidation sites excluding steroid dienone is 1. The van der Waals surface area contributed by atoms with Gasteiger partial charge >= 0.3 is 0 Å². The minimum Gasteiger partial charge on any atom is -0.259 e. The van der Waals surface area contributed by atoms with Gasteiger partial charge in [-0.1, -0.05) is 60.2 Å². The molecule has 3 rings (SSSR count). The minimum atomic E-state index is 0.936. The normalized spacial score (nSPS) is 14.4. The van der Waals surface area contributed by atoms with Crippen molar-refractivity contribution in [1.82, 2.24) is 0 Å². The van der Waals surface area contributed by atoms with Crippen molar-refractivity contribution in [3.8, 4) is 0 Å². The van der Waals surface area contributed by atoms with E-state index in [1.165, 1.54) is 11.1 Å². The average Bonchev–Trinajstić information content (AvgIpc) is 2.61. The van der Waals surface area contributed by atoms with Crippen LogP contribution >= 0.6 is 11.8 Å². The number of aliphatic imine (C=N–C) groups is 1. The first-order valence-corrected chi connectivity index (χ1v) is 8.57. The summed E-state index contributed by atoms with van der Waals surface area (Å²) >= 11 is 1.79. The van der Waals surface area contributed by atoms with E-state index in [0.717, 1.165) is 22.3 Å². The first-order chi connectivity index (χ1) is 11.3. The van der Waals surface area contributed by atoms with Crippen LogP contribution in [0.5, 0.6) is 0 Å². The van der Waals surface area contributed by atoms with Gasteiger partial charge in [-0.05, 0) is 36.3 Å². The Morgan fingerprint density at radius 1 is 1.04 bits per heavy atom. The highest BCUT2D eigenvalue weighted by molar-refractivity contribution is 8.01. The minimum absolute atomic E-state index is 0.936. The summed E-state index contributed by atoms with van der Waals surface area (Å²) in [4.78, 5) is 4.65. The number of aryl methyl sites for hydroxylation is 1. The molecule has 0 aliphatic heterocycles. The van der Waals surface area contributed by atoms with E-state index in [9.17, 15) is 0 Å². The lowest BCUT2D eigenvalue weighted by Crippen LogP contribution is -1.96. The second-order valence-electron chi connectivity index (χ2n) is 5.34. The Morgan fingerprint density at radius 3 is 2.61 bits per heavy atom. The third-order valence-corrected chi connectivity index (χ3v) is 4.59. The Labute approximate surface area is 142 Å². The molecule has 0 saturated carbocycles. The number of rotatable bonds is 5. The van der Waals surface area contributed by atoms with Crippen LogP contribution in [0.2, 0.25) is 0 Å². The summed E-state index contributed by atoms with van der Waals surface area (Å²) < 4.78 is 0. The van der Waals surface area contributed by atoms with Crippen molar-refractivity contribution in [2.75, 3.05) is 0 Å². The lowest BCUT2D eigenvalue weighted by molar-refractivity contribution is 1.30. The average molecular weight is 316 g/mol. The Hall–Kier alpha value is -2.28. The lowest BCUT2D eigenvalue weighted by atomic mass is 10.1. The zero-order chi connectivity index (χ0) is 15.9. The molecule has 0 spiro atoms. The third kappa shape index (κ3) is 4.59. The second-order valence-corrected chi connectivity index (χ2v) is 6.35. The van der Waals surface area contributed by atoms with Crippen LogP contribution in [-0.4, -0.2) is 6.21 Å². The highest BCUT2D eigenvalue weighted by Crippen LogP contribution is 2.33. The number of hydrogen-bond donors (Lipinski definition) is 0. The van der Waals surface area contributed by atoms with Crippen molar-refractivity contribution < 1.29 is 0 Å². The summed E-state index contributed by atoms with van der Waals surface area (Å²) in [6.07, 6.45) is 7.85. The van der Waals surface area contributed by atoms with Crippen LogP contribution in [0.15, 0.2) is 89.2 Å². The zero-order valence-corrected chi connectivity index (χ0v) is 13.9. The lowest BCUT2D eigenvalue weighted by Gasteiger charge is -2.13. The molecule has 1 aliphatic carbocycles. The van der Waals surface area contributed by atoms with E-state index in [2.05, 4.69) is 66.2 Å². The fraction of sp³-hybridized carbons (Fsp3) is 0.0952. The number of thioether (sulfide) groups is 1. The summed E-state index contributed by atoms with van der Waals surface area (Å²) in [5.41, 5.74) is 7.83. The van der Waals surface area contributed by atoms with Crippen LogP contribution in [0, 0.1) is 12.2 Å². The fourth-order valence-electron chi connectivity index (χ4n) is 2.16. The van der Waals surface area contributed by atoms with Gasteiger partial charge in [0.05, 0.1) is 5.70 Å². The zero-order valence-electron chi connectivity index (χ0n) is 13.1. The second kappa shape index (κ2) is 7.82. The van der Waals surface area contributed by atoms with Gasteiger partial charge in [0.2, 0.25) is 0 Å². The molecule has 2 heteroatoms. The SMILES string of the molecule is Cc1ccc(C=NC2=CC=C=C[C]2SCc2ccccc2)cc1. The molecule has 0 saturated heterocycles. The highest BCUT2D eigenvalue weighted by Gasteiger charge is 2.13. The standard InChI is InChI=1S/C21H18NS/c1-17-11-13-18(14-12-17)15-22-20-9-5-6-10-21(20)23-16-19-7-3-2-4-8-19/h2-5,7-15H,16H2,1H3. The van der Waals surface area contributed by atoms with Gasteiger partial charge in [-0.25, -0.2) is 0 Å². The van der Waals surface area contributed by atoms with Crippen molar-refractivity contribution in [2.24, 2.45) is 4.99 Å². The molecule has 2 aromatic carbocycles. The van der Waals surface area contributed by atoms with Gasteiger partial charge in [0.25, 0.3) is 0 Å². The molecule has 1 aliphatic rings. The van der Waals surface area contributed by atoms with Crippen molar-refractivity contribution in [2.45, 2.75) is 12.7 Å². The van der Waals surface area contributed by atoms with Crippen LogP contribution in [-0.2, 0) is 5.75 Å². The molecule has 0 bridgehead atoms. The van der Waals surface area contributed by atoms with Gasteiger partial charge in [0, 0.05) is 12.0 Å². The summed E-state index contributed by atoms with van der Waals surface area (Å²) in [7, 11) is 0. The molecule has 0 atom stereocenters. The number of nitrogens with zero attached hydrogens (tertiary/aromatic N) is 1. The van der Waals surface area contributed by atoms with Gasteiger partial charge in [-0.15, -0.1) is 17.5 Å². The maximum absolute atomic E-state index is 4.65. The van der Waals surface area contributed by atoms with E-state index >= 15 is 0 Å². The van der Waals surface area contributed by atoms with Crippen molar-refractivity contribution >= 4 is 18.0 Å². The molecule has 23 heavy (non-hydrogen) atoms. The topological polar surface area (TPSA) is 12.4 Å². The van der Waals surface area contributed by atoms with Gasteiger partial charge in [-0.3, -0.25) is 4.99 Å². The molecule has 0 N–H and O–H groups in total. The smallest absolute Gasteiger partial charge is 0.108 e. The number of benzene rings is 2. The van der Waals surface area contributed by atoms with E-state index in [-0.39, 0.29) is 0 Å². The maximum Gasteiger partial charge on any atom is 0.108 e. The molecule has 1 nitrogen and oxygen atoms in total. The van der Waals surface area contributed by atoms with Gasteiger partial charge in [-0.2, -0.15) is 0 Å². The molecule has 0 unspecified atom stereocenters. The van der Waals surface area contributed by atoms with E-state index in [4.69, 9.17) is 0 Å². The Morgan fingerprint density at radius 2 is 1.83 bits per heavy atom. The summed E-state index contributed by atoms with van der Waals surface area (Å²) in [6.45, 7) is 2.09. The highest BCUT2D eigenvalue weighted by atomic mass is 32.2. The van der Waals surface area contributed by atoms with Crippen molar-refractivity contribution in [1.29, 1.82) is 0 Å². The molecule has 0 aromatic heterocycles. The van der Waals surface area contributed by atoms with Gasteiger partial charge in [0.1, 0.15) is 5.25 Å². The van der Waals surface area contributed by atoms with Crippen LogP contribution in [0.3, 0.4) is 0 Å². The monoisotopic (exact) mass is 316 g/mol. The van der Waals surface area contributed by atoms with Crippen molar-refractivity contribution in [3.63, 3.8) is 0 Å². The molecule has 113 valence electrons. The molecule has 0 fully saturated rings. The van der Waals surface area contributed by atoms with Gasteiger partial charge < -0.3 is 0 Å². The summed E-state index contributed by atoms with van der Waals surface area (Å²) in [5.74, 6) is 0.936. The predicted molar refractivity (Wildman–Crippen MR) is 100 cm³/mol. The van der Waals surface area contributed by atoms with E-state index in [0.29, 0.717) is 0 Å². The molecular weight excluding hydrogens is 298 g/mol. The maximum atomic E-state index is 4.65. The third-order valence-electron chi connectivity index (χ3n) is 3.47. The largest absolute Gasteiger partial charge is 0.259 e. The van der Waals surface area contributed by atoms with E-state index in [1.54, 1.807) is 11.8 Å². The van der Waals surface area contributed by atoms with Crippen LogP contribution in [0.1, 0.15) is 16.7 Å². The fourth-order valence-corrected chi connectivity index (χ4v) is 3.10. The van der Waals surface area contributed by atoms with E-state index in [1.807, 2.05) is 30.5 Å². The molecule has 0 heterocycles. The molecule has 2 aromatic rings. The quantitative estimate of drug-likeness (QED) is 0.525. The van der Waals surface area contributed by atoms with E-state index < -0.39 is 0 Å². The van der Waals surface area contributed by atoms with Crippen molar-refractivity contribution in [3.05, 3.63) is 106 Å². The first kappa shape index (κ1) is 15.6. The molecule has 1 radical (unpaired) electrons. The number of hydrogen-bond acceptors (Lipinski definition) is 2. The summed E-state index contributed by atoms with van der Waals surface area (Å²) in [6, 6.07) is 18.9. The summed E-state index contributed by atoms with van der Waals surface area (Å²) in [5, 5.41) is 1.15.